The van der Waals surface area contributed by atoms with Gasteiger partial charge in [-0.15, -0.1) is 0 Å². The molecule has 0 fully saturated rings. The fraction of sp³-hybridized carbons (Fsp3) is 0.0116. The van der Waals surface area contributed by atoms with Crippen LogP contribution in [0.25, 0.3) is 123 Å². The van der Waals surface area contributed by atoms with Crippen molar-refractivity contribution >= 4 is 11.1 Å². The van der Waals surface area contributed by atoms with E-state index in [1.807, 2.05) is 0 Å². The monoisotopic (exact) mass is 1130 g/mol. The summed E-state index contributed by atoms with van der Waals surface area (Å²) in [6.45, 7) is 0. The van der Waals surface area contributed by atoms with Crippen molar-refractivity contribution in [1.82, 2.24) is 15.0 Å². The van der Waals surface area contributed by atoms with Crippen LogP contribution in [0.5, 0.6) is 0 Å². The van der Waals surface area contributed by atoms with Gasteiger partial charge < -0.3 is 0 Å². The Morgan fingerprint density at radius 3 is 0.899 bits per heavy atom. The van der Waals surface area contributed by atoms with Gasteiger partial charge in [0.1, 0.15) is 0 Å². The van der Waals surface area contributed by atoms with Gasteiger partial charge in [-0.05, 0) is 189 Å². The van der Waals surface area contributed by atoms with Crippen LogP contribution in [0.2, 0.25) is 0 Å². The SMILES string of the molecule is C1=C(c2ccccc2)C(C2(c3cc(-c4ccccc4)cc(-c4ccccc4)c3)c3ccccc3-c3ccc(-c4nc(-c5cc(-c6ccccc6)cc(-c6ccccc6)c5)nc(-c5cc(-c6ccccc6)cc(-c6ccccc6)c5)n4)cc32)=C1c1ccccc1. The fourth-order valence-corrected chi connectivity index (χ4v) is 13.5. The Labute approximate surface area is 519 Å². The summed E-state index contributed by atoms with van der Waals surface area (Å²) < 4.78 is 0. The van der Waals surface area contributed by atoms with Crippen molar-refractivity contribution in [3.63, 3.8) is 0 Å². The molecule has 1 heterocycles. The molecule has 0 saturated heterocycles. The lowest BCUT2D eigenvalue weighted by molar-refractivity contribution is 0.770. The summed E-state index contributed by atoms with van der Waals surface area (Å²) >= 11 is 0. The van der Waals surface area contributed by atoms with Gasteiger partial charge >= 0.3 is 0 Å². The Morgan fingerprint density at radius 1 is 0.202 bits per heavy atom. The van der Waals surface area contributed by atoms with Crippen molar-refractivity contribution in [3.05, 3.63) is 379 Å². The molecular weight excluding hydrogens is 1070 g/mol. The van der Waals surface area contributed by atoms with Gasteiger partial charge in [0.2, 0.25) is 0 Å². The predicted octanol–water partition coefficient (Wildman–Crippen LogP) is 21.7. The molecule has 0 N–H and O–H groups in total. The Bertz CT molecular complexity index is 4690. The largest absolute Gasteiger partial charge is 0.208 e. The molecule has 1 atom stereocenters. The molecule has 0 saturated carbocycles. The maximum absolute atomic E-state index is 5.69. The Hall–Kier alpha value is -11.7. The molecule has 3 heteroatoms. The number of fused-ring (bicyclic) bond motifs is 3. The van der Waals surface area contributed by atoms with Crippen molar-refractivity contribution in [2.24, 2.45) is 0 Å². The second-order valence-corrected chi connectivity index (χ2v) is 23.0. The number of aromatic nitrogens is 3. The van der Waals surface area contributed by atoms with Gasteiger partial charge in [-0.1, -0.05) is 279 Å². The van der Waals surface area contributed by atoms with Crippen molar-refractivity contribution in [2.75, 3.05) is 0 Å². The third-order valence-electron chi connectivity index (χ3n) is 17.7. The van der Waals surface area contributed by atoms with Gasteiger partial charge in [-0.3, -0.25) is 0 Å². The zero-order chi connectivity index (χ0) is 59.1. The van der Waals surface area contributed by atoms with Gasteiger partial charge in [0, 0.05) is 16.7 Å². The summed E-state index contributed by atoms with van der Waals surface area (Å²) in [7, 11) is 0. The predicted molar refractivity (Wildman–Crippen MR) is 368 cm³/mol. The van der Waals surface area contributed by atoms with E-state index in [4.69, 9.17) is 15.0 Å². The molecule has 2 aliphatic rings. The minimum Gasteiger partial charge on any atom is -0.208 e. The average molecular weight is 1130 g/mol. The summed E-state index contributed by atoms with van der Waals surface area (Å²) in [6, 6.07) is 123. The van der Waals surface area contributed by atoms with Gasteiger partial charge in [0.25, 0.3) is 0 Å². The molecule has 14 aromatic rings. The summed E-state index contributed by atoms with van der Waals surface area (Å²) in [4.78, 5) is 17.0. The van der Waals surface area contributed by atoms with Gasteiger partial charge in [0.05, 0.1) is 5.41 Å². The van der Waals surface area contributed by atoms with E-state index in [-0.39, 0.29) is 0 Å². The van der Waals surface area contributed by atoms with Crippen LogP contribution in [0.4, 0.5) is 0 Å². The zero-order valence-corrected chi connectivity index (χ0v) is 48.8. The summed E-state index contributed by atoms with van der Waals surface area (Å²) in [6.07, 6.45) is 2.41. The van der Waals surface area contributed by atoms with Crippen LogP contribution in [0, 0.1) is 0 Å². The molecule has 1 aromatic heterocycles. The highest BCUT2D eigenvalue weighted by molar-refractivity contribution is 6.11. The van der Waals surface area contributed by atoms with Crippen LogP contribution in [0.15, 0.2) is 351 Å². The molecule has 0 amide bonds. The summed E-state index contributed by atoms with van der Waals surface area (Å²) in [5, 5.41) is 0. The minimum absolute atomic E-state index is 0.572. The second kappa shape index (κ2) is 22.6. The lowest BCUT2D eigenvalue weighted by Gasteiger charge is -2.42. The molecule has 0 radical (unpaired) electrons. The van der Waals surface area contributed by atoms with Crippen LogP contribution in [-0.4, -0.2) is 15.0 Å². The number of rotatable bonds is 13. The van der Waals surface area contributed by atoms with Crippen molar-refractivity contribution in [3.8, 4) is 112 Å². The number of allylic oxidation sites excluding steroid dienone is 4. The van der Waals surface area contributed by atoms with E-state index in [1.165, 1.54) is 33.4 Å². The molecule has 89 heavy (non-hydrogen) atoms. The highest BCUT2D eigenvalue weighted by Gasteiger charge is 2.52. The first kappa shape index (κ1) is 52.9. The van der Waals surface area contributed by atoms with E-state index in [9.17, 15) is 0 Å². The fourth-order valence-electron chi connectivity index (χ4n) is 13.5. The molecule has 1 unspecified atom stereocenters. The van der Waals surface area contributed by atoms with Crippen LogP contribution in [0.3, 0.4) is 0 Å². The topological polar surface area (TPSA) is 38.7 Å². The van der Waals surface area contributed by atoms with E-state index in [2.05, 4.69) is 346 Å². The van der Waals surface area contributed by atoms with Crippen molar-refractivity contribution < 1.29 is 0 Å². The average Bonchev–Trinajstić information content (AvgIpc) is 1.60. The summed E-state index contributed by atoms with van der Waals surface area (Å²) in [5.41, 5.74) is 26.9. The van der Waals surface area contributed by atoms with Crippen LogP contribution < -0.4 is 0 Å². The van der Waals surface area contributed by atoms with E-state index in [1.54, 1.807) is 0 Å². The van der Waals surface area contributed by atoms with Crippen molar-refractivity contribution in [1.29, 1.82) is 0 Å². The zero-order valence-electron chi connectivity index (χ0n) is 48.8. The number of benzene rings is 13. The molecular formula is C86H57N3. The molecule has 416 valence electrons. The lowest BCUT2D eigenvalue weighted by Crippen LogP contribution is -2.33. The van der Waals surface area contributed by atoms with Gasteiger partial charge in [-0.2, -0.15) is 0 Å². The maximum Gasteiger partial charge on any atom is 0.164 e. The molecule has 13 aromatic carbocycles. The molecule has 16 rings (SSSR count). The number of nitrogens with zero attached hydrogens (tertiary/aromatic N) is 3. The smallest absolute Gasteiger partial charge is 0.164 e. The highest BCUT2D eigenvalue weighted by Crippen LogP contribution is 2.64. The van der Waals surface area contributed by atoms with Crippen LogP contribution in [-0.2, 0) is 5.41 Å². The van der Waals surface area contributed by atoms with E-state index in [0.717, 1.165) is 106 Å². The third-order valence-corrected chi connectivity index (χ3v) is 17.7. The Balaban J connectivity index is 0.999. The number of hydrogen-bond acceptors (Lipinski definition) is 3. The molecule has 0 spiro atoms. The van der Waals surface area contributed by atoms with E-state index >= 15 is 0 Å². The molecule has 2 aliphatic carbocycles. The lowest BCUT2D eigenvalue weighted by atomic mass is 9.59. The van der Waals surface area contributed by atoms with Gasteiger partial charge in [-0.25, -0.2) is 15.0 Å². The standard InChI is InChI=1S/C86H57N3/c1-9-27-58(28-10-1)67-47-68(59-29-11-2-12-30-59)51-73(50-67)84-87-83(88-85(89-84)74-52-69(60-31-13-3-14-32-60)48-70(53-74)61-33-15-4-16-34-61)66-45-46-77-76-43-25-26-44-80(76)86(81(77)56-66,82-78(64-39-21-7-22-40-64)57-79(82)65-41-23-8-24-42-65)75-54-71(62-35-17-5-18-36-62)49-72(55-75)63-37-19-6-20-38-63/h1-57H. The quantitative estimate of drug-likeness (QED) is 0.115. The first-order valence-corrected chi connectivity index (χ1v) is 30.5. The normalized spacial score (nSPS) is 13.9. The van der Waals surface area contributed by atoms with Gasteiger partial charge in [0.15, 0.2) is 17.5 Å². The van der Waals surface area contributed by atoms with Crippen molar-refractivity contribution in [2.45, 2.75) is 5.41 Å². The highest BCUT2D eigenvalue weighted by atomic mass is 15.0. The second-order valence-electron chi connectivity index (χ2n) is 23.0. The molecule has 3 nitrogen and oxygen atoms in total. The van der Waals surface area contributed by atoms with Crippen LogP contribution in [0.1, 0.15) is 27.8 Å². The van der Waals surface area contributed by atoms with Crippen LogP contribution >= 0.6 is 0 Å². The first-order valence-electron chi connectivity index (χ1n) is 30.5. The summed E-state index contributed by atoms with van der Waals surface area (Å²) in [5.74, 6) is 1.72. The first-order chi connectivity index (χ1) is 44.1. The number of hydrogen-bond donors (Lipinski definition) is 0. The molecule has 0 bridgehead atoms. The van der Waals surface area contributed by atoms with E-state index < -0.39 is 5.41 Å². The Kier molecular flexibility index (Phi) is 13.5. The maximum atomic E-state index is 5.69. The Morgan fingerprint density at radius 2 is 0.506 bits per heavy atom. The minimum atomic E-state index is -0.872. The molecule has 0 aliphatic heterocycles. The van der Waals surface area contributed by atoms with E-state index in [0.29, 0.717) is 17.5 Å². The third kappa shape index (κ3) is 9.72.